The Kier molecular flexibility index (Phi) is 0.459. The number of hydrogen-bond donors (Lipinski definition) is 1. The molecular formula is C14H22O. The largest absolute Gasteiger partial charge is 0.508 e. The van der Waals surface area contributed by atoms with Crippen LogP contribution in [0.1, 0.15) is 81.0 Å². The highest BCUT2D eigenvalue weighted by atomic mass is 16.3. The number of aromatic hydroxyl groups is 1. The van der Waals surface area contributed by atoms with Crippen LogP contribution in [0, 0.1) is 0 Å². The zero-order valence-electron chi connectivity index (χ0n) is 28.4. The van der Waals surface area contributed by atoms with Crippen molar-refractivity contribution in [3.8, 4) is 5.75 Å². The monoisotopic (exact) mass is 227 g/mol. The van der Waals surface area contributed by atoms with Gasteiger partial charge < -0.3 is 5.11 Å². The van der Waals surface area contributed by atoms with Crippen LogP contribution >= 0.6 is 0 Å². The van der Waals surface area contributed by atoms with Crippen LogP contribution in [-0.2, 0) is 10.8 Å². The predicted molar refractivity (Wildman–Crippen MR) is 65.5 cm³/mol. The zero-order chi connectivity index (χ0) is 29.5. The van der Waals surface area contributed by atoms with Gasteiger partial charge in [-0.3, -0.25) is 0 Å². The minimum atomic E-state index is -4.24. The number of phenols is 1. The van der Waals surface area contributed by atoms with E-state index < -0.39 is 86.9 Å². The third kappa shape index (κ3) is 2.74. The summed E-state index contributed by atoms with van der Waals surface area (Å²) in [6.07, 6.45) is 0. The molecule has 0 aliphatic rings. The lowest BCUT2D eigenvalue weighted by atomic mass is 9.80. The van der Waals surface area contributed by atoms with Crippen LogP contribution < -0.4 is 0 Å². The van der Waals surface area contributed by atoms with Gasteiger partial charge in [-0.15, -0.1) is 0 Å². The van der Waals surface area contributed by atoms with E-state index in [0.717, 1.165) is 0 Å². The normalized spacial score (nSPS) is 38.5. The third-order valence-corrected chi connectivity index (χ3v) is 1.54. The molecule has 0 spiro atoms. The van der Waals surface area contributed by atoms with Gasteiger partial charge in [0.2, 0.25) is 0 Å². The molecule has 0 unspecified atom stereocenters. The molecule has 0 heterocycles. The molecule has 0 amide bonds. The zero-order valence-corrected chi connectivity index (χ0v) is 7.45. The van der Waals surface area contributed by atoms with Gasteiger partial charge in [0, 0.05) is 24.7 Å². The molecular weight excluding hydrogens is 184 g/mol. The molecule has 0 aromatic heterocycles. The molecule has 1 rings (SSSR count). The van der Waals surface area contributed by atoms with E-state index in [-0.39, 0.29) is 0 Å². The predicted octanol–water partition coefficient (Wildman–Crippen LogP) is 3.99. The standard InChI is InChI=1S/C14H22O/c1-13(2,3)10-7-8-12(15)11(9-10)14(4,5)6/h7-9,15H,1-6H3/i1D3,2D3,3D3,4D3,5D3,6D3,7D,8D,9D. The summed E-state index contributed by atoms with van der Waals surface area (Å²) in [5, 5.41) is 10.6. The van der Waals surface area contributed by atoms with Gasteiger partial charge in [0.05, 0.1) is 4.11 Å². The van der Waals surface area contributed by atoms with E-state index >= 15 is 0 Å². The molecule has 0 radical (unpaired) electrons. The van der Waals surface area contributed by atoms with Crippen molar-refractivity contribution in [2.75, 3.05) is 0 Å². The van der Waals surface area contributed by atoms with Crippen LogP contribution in [0.5, 0.6) is 5.75 Å². The number of phenolic OH excluding ortho intramolecular Hbond substituents is 1. The SMILES string of the molecule is [2H]c1c([2H])c(C(C([2H])([2H])[2H])(C([2H])([2H])[2H])C([2H])([2H])[2H])c([2H])c(C(C([2H])([2H])[2H])(C([2H])([2H])[2H])C([2H])([2H])[2H])c1O. The molecule has 0 fully saturated rings. The molecule has 0 saturated heterocycles. The summed E-state index contributed by atoms with van der Waals surface area (Å²) in [5.74, 6) is -1.84. The molecule has 1 nitrogen and oxygen atoms in total. The molecule has 1 N–H and O–H groups in total. The Hall–Kier alpha value is -0.980. The molecule has 1 heteroatoms. The lowest BCUT2D eigenvalue weighted by Crippen LogP contribution is -2.16. The van der Waals surface area contributed by atoms with Crippen LogP contribution in [0.4, 0.5) is 0 Å². The van der Waals surface area contributed by atoms with Crippen molar-refractivity contribution in [2.24, 2.45) is 0 Å². The summed E-state index contributed by atoms with van der Waals surface area (Å²) in [6, 6.07) is -5.25. The maximum Gasteiger partial charge on any atom is 0.119 e. The molecule has 0 aliphatic carbocycles. The fourth-order valence-electron chi connectivity index (χ4n) is 0.859. The van der Waals surface area contributed by atoms with Gasteiger partial charge in [-0.05, 0) is 28.0 Å². The lowest BCUT2D eigenvalue weighted by Gasteiger charge is -2.25. The summed E-state index contributed by atoms with van der Waals surface area (Å²) in [4.78, 5) is 0. The Morgan fingerprint density at radius 2 is 1.67 bits per heavy atom. The first-order valence-corrected chi connectivity index (χ1v) is 3.72. The second-order valence-corrected chi connectivity index (χ2v) is 2.97. The van der Waals surface area contributed by atoms with Crippen molar-refractivity contribution in [3.05, 3.63) is 29.3 Å². The van der Waals surface area contributed by atoms with E-state index in [9.17, 15) is 5.11 Å². The first-order valence-electron chi connectivity index (χ1n) is 14.2. The third-order valence-electron chi connectivity index (χ3n) is 1.54. The molecule has 1 aromatic rings. The van der Waals surface area contributed by atoms with Crippen molar-refractivity contribution < 1.29 is 33.9 Å². The van der Waals surface area contributed by atoms with Gasteiger partial charge in [0.1, 0.15) is 5.75 Å². The second kappa shape index (κ2) is 3.55. The molecule has 0 atom stereocenters. The van der Waals surface area contributed by atoms with E-state index in [2.05, 4.69) is 0 Å². The maximum atomic E-state index is 10.6. The Labute approximate surface area is 123 Å². The van der Waals surface area contributed by atoms with E-state index in [1.807, 2.05) is 0 Å². The summed E-state index contributed by atoms with van der Waals surface area (Å²) in [6.45, 7) is -24.9. The van der Waals surface area contributed by atoms with Gasteiger partial charge in [-0.2, -0.15) is 0 Å². The fraction of sp³-hybridized carbons (Fsp3) is 0.571. The van der Waals surface area contributed by atoms with Crippen molar-refractivity contribution in [3.63, 3.8) is 0 Å². The number of rotatable bonds is 0. The van der Waals surface area contributed by atoms with Gasteiger partial charge in [0.25, 0.3) is 0 Å². The molecule has 0 bridgehead atoms. The molecule has 1 aromatic carbocycles. The van der Waals surface area contributed by atoms with Gasteiger partial charge in [0.15, 0.2) is 0 Å². The topological polar surface area (TPSA) is 20.2 Å². The minimum absolute atomic E-state index is 1.65. The molecule has 0 aliphatic heterocycles. The molecule has 0 saturated carbocycles. The van der Waals surface area contributed by atoms with Gasteiger partial charge >= 0.3 is 0 Å². The highest BCUT2D eigenvalue weighted by Crippen LogP contribution is 2.34. The van der Waals surface area contributed by atoms with Gasteiger partial charge in [-0.25, -0.2) is 0 Å². The Morgan fingerprint density at radius 1 is 1.07 bits per heavy atom. The van der Waals surface area contributed by atoms with Crippen LogP contribution in [0.3, 0.4) is 0 Å². The van der Waals surface area contributed by atoms with E-state index in [1.165, 1.54) is 0 Å². The highest BCUT2D eigenvalue weighted by Gasteiger charge is 2.21. The van der Waals surface area contributed by atoms with E-state index in [4.69, 9.17) is 28.8 Å². The van der Waals surface area contributed by atoms with E-state index in [0.29, 0.717) is 0 Å². The van der Waals surface area contributed by atoms with Crippen molar-refractivity contribution in [1.29, 1.82) is 0 Å². The van der Waals surface area contributed by atoms with Gasteiger partial charge in [-0.1, -0.05) is 53.2 Å². The summed E-state index contributed by atoms with van der Waals surface area (Å²) < 4.78 is 165. The summed E-state index contributed by atoms with van der Waals surface area (Å²) in [5.41, 5.74) is -12.2. The Morgan fingerprint density at radius 3 is 2.20 bits per heavy atom. The second-order valence-electron chi connectivity index (χ2n) is 2.97. The van der Waals surface area contributed by atoms with E-state index in [1.54, 1.807) is 0 Å². The first kappa shape index (κ1) is 1.94. The van der Waals surface area contributed by atoms with Crippen molar-refractivity contribution >= 4 is 0 Å². The average Bonchev–Trinajstić information content (AvgIpc) is 2.53. The average molecular weight is 227 g/mol. The van der Waals surface area contributed by atoms with Crippen LogP contribution in [-0.4, -0.2) is 5.11 Å². The van der Waals surface area contributed by atoms with Crippen LogP contribution in [0.15, 0.2) is 18.1 Å². The lowest BCUT2D eigenvalue weighted by molar-refractivity contribution is 0.444. The summed E-state index contributed by atoms with van der Waals surface area (Å²) >= 11 is 0. The quantitative estimate of drug-likeness (QED) is 0.710. The van der Waals surface area contributed by atoms with Crippen LogP contribution in [0.2, 0.25) is 0 Å². The molecule has 15 heavy (non-hydrogen) atoms. The van der Waals surface area contributed by atoms with Crippen molar-refractivity contribution in [1.82, 2.24) is 0 Å². The number of benzene rings is 1. The Bertz CT molecular complexity index is 846. The minimum Gasteiger partial charge on any atom is -0.508 e. The number of hydrogen-bond acceptors (Lipinski definition) is 1. The maximum absolute atomic E-state index is 10.6. The van der Waals surface area contributed by atoms with Crippen molar-refractivity contribution in [2.45, 2.75) is 51.9 Å². The van der Waals surface area contributed by atoms with Crippen LogP contribution in [0.25, 0.3) is 0 Å². The highest BCUT2D eigenvalue weighted by molar-refractivity contribution is 5.42. The Balaban J connectivity index is 4.89. The smallest absolute Gasteiger partial charge is 0.119 e. The first-order chi connectivity index (χ1) is 15.4. The molecule has 84 valence electrons. The summed E-state index contributed by atoms with van der Waals surface area (Å²) in [7, 11) is 0. The fourth-order valence-corrected chi connectivity index (χ4v) is 0.859.